The average molecular weight is 265 g/mol. The first-order valence-electron chi connectivity index (χ1n) is 5.86. The molecule has 1 aliphatic heterocycles. The summed E-state index contributed by atoms with van der Waals surface area (Å²) < 4.78 is 5.07. The number of urea groups is 1. The minimum atomic E-state index is -0.972. The number of anilines is 1. The van der Waals surface area contributed by atoms with Gasteiger partial charge in [-0.2, -0.15) is 0 Å². The molecule has 2 unspecified atom stereocenters. The molecule has 0 saturated carbocycles. The van der Waals surface area contributed by atoms with Crippen molar-refractivity contribution >= 4 is 17.7 Å². The first-order valence-corrected chi connectivity index (χ1v) is 5.86. The second kappa shape index (κ2) is 5.66. The number of pyridine rings is 1. The van der Waals surface area contributed by atoms with Crippen molar-refractivity contribution in [2.24, 2.45) is 5.92 Å². The standard InChI is InChI=1S/C12H15N3O4/c1-7-2-3-13-4-9(7)14-12(18)15-10-6-19-5-8(10)11(16)17/h2-4,8,10H,5-6H2,1H3,(H,16,17)(H2,14,15,18). The number of carbonyl (C=O) groups excluding carboxylic acids is 1. The van der Waals surface area contributed by atoms with Crippen LogP contribution in [0, 0.1) is 12.8 Å². The number of aryl methyl sites for hydroxylation is 1. The molecule has 0 bridgehead atoms. The van der Waals surface area contributed by atoms with Crippen molar-refractivity contribution in [3.63, 3.8) is 0 Å². The van der Waals surface area contributed by atoms with Crippen LogP contribution < -0.4 is 10.6 Å². The van der Waals surface area contributed by atoms with Crippen molar-refractivity contribution in [3.05, 3.63) is 24.0 Å². The Bertz CT molecular complexity index is 492. The number of hydrogen-bond acceptors (Lipinski definition) is 4. The lowest BCUT2D eigenvalue weighted by Crippen LogP contribution is -2.44. The molecular weight excluding hydrogens is 250 g/mol. The van der Waals surface area contributed by atoms with E-state index in [0.29, 0.717) is 5.69 Å². The monoisotopic (exact) mass is 265 g/mol. The van der Waals surface area contributed by atoms with Crippen LogP contribution in [0.25, 0.3) is 0 Å². The van der Waals surface area contributed by atoms with E-state index in [4.69, 9.17) is 9.84 Å². The summed E-state index contributed by atoms with van der Waals surface area (Å²) >= 11 is 0. The molecule has 7 heteroatoms. The summed E-state index contributed by atoms with van der Waals surface area (Å²) in [5.41, 5.74) is 1.47. The van der Waals surface area contributed by atoms with Crippen LogP contribution in [0.2, 0.25) is 0 Å². The Morgan fingerprint density at radius 2 is 2.26 bits per heavy atom. The fourth-order valence-corrected chi connectivity index (χ4v) is 1.86. The summed E-state index contributed by atoms with van der Waals surface area (Å²) in [4.78, 5) is 26.6. The van der Waals surface area contributed by atoms with Crippen LogP contribution in [0.1, 0.15) is 5.56 Å². The number of nitrogens with one attached hydrogen (secondary N) is 2. The Kier molecular flexibility index (Phi) is 3.96. The summed E-state index contributed by atoms with van der Waals surface area (Å²) in [6.07, 6.45) is 3.17. The zero-order valence-corrected chi connectivity index (χ0v) is 10.4. The number of aromatic nitrogens is 1. The molecule has 2 atom stereocenters. The molecule has 1 fully saturated rings. The van der Waals surface area contributed by atoms with E-state index in [0.717, 1.165) is 5.56 Å². The predicted molar refractivity (Wildman–Crippen MR) is 66.9 cm³/mol. The molecule has 102 valence electrons. The zero-order chi connectivity index (χ0) is 13.8. The normalized spacial score (nSPS) is 21.9. The van der Waals surface area contributed by atoms with Gasteiger partial charge in [0.2, 0.25) is 0 Å². The number of nitrogens with zero attached hydrogens (tertiary/aromatic N) is 1. The van der Waals surface area contributed by atoms with E-state index in [9.17, 15) is 9.59 Å². The van der Waals surface area contributed by atoms with E-state index in [1.54, 1.807) is 12.3 Å². The van der Waals surface area contributed by atoms with E-state index in [1.807, 2.05) is 6.92 Å². The number of ether oxygens (including phenoxy) is 1. The second-order valence-corrected chi connectivity index (χ2v) is 4.38. The van der Waals surface area contributed by atoms with Gasteiger partial charge in [0.1, 0.15) is 5.92 Å². The Hall–Kier alpha value is -2.15. The van der Waals surface area contributed by atoms with Crippen molar-refractivity contribution < 1.29 is 19.4 Å². The van der Waals surface area contributed by atoms with Gasteiger partial charge < -0.3 is 20.5 Å². The highest BCUT2D eigenvalue weighted by molar-refractivity contribution is 5.90. The van der Waals surface area contributed by atoms with Crippen LogP contribution >= 0.6 is 0 Å². The van der Waals surface area contributed by atoms with E-state index < -0.39 is 24.0 Å². The number of aliphatic carboxylic acids is 1. The number of carboxylic acid groups (broad SMARTS) is 1. The van der Waals surface area contributed by atoms with Crippen LogP contribution in [-0.4, -0.2) is 41.3 Å². The first kappa shape index (κ1) is 13.3. The van der Waals surface area contributed by atoms with Crippen molar-refractivity contribution in [3.8, 4) is 0 Å². The van der Waals surface area contributed by atoms with Crippen molar-refractivity contribution in [1.82, 2.24) is 10.3 Å². The van der Waals surface area contributed by atoms with Gasteiger partial charge in [-0.1, -0.05) is 0 Å². The smallest absolute Gasteiger partial charge is 0.319 e. The zero-order valence-electron chi connectivity index (χ0n) is 10.4. The Balaban J connectivity index is 1.95. The molecule has 2 amide bonds. The van der Waals surface area contributed by atoms with Gasteiger partial charge in [-0.15, -0.1) is 0 Å². The lowest BCUT2D eigenvalue weighted by Gasteiger charge is -2.16. The third kappa shape index (κ3) is 3.19. The van der Waals surface area contributed by atoms with Gasteiger partial charge in [-0.25, -0.2) is 4.79 Å². The summed E-state index contributed by atoms with van der Waals surface area (Å²) in [5, 5.41) is 14.2. The van der Waals surface area contributed by atoms with Crippen LogP contribution in [0.3, 0.4) is 0 Å². The van der Waals surface area contributed by atoms with Crippen LogP contribution in [-0.2, 0) is 9.53 Å². The van der Waals surface area contributed by atoms with E-state index in [-0.39, 0.29) is 13.2 Å². The Morgan fingerprint density at radius 1 is 1.47 bits per heavy atom. The van der Waals surface area contributed by atoms with Crippen molar-refractivity contribution in [2.45, 2.75) is 13.0 Å². The first-order chi connectivity index (χ1) is 9.08. The van der Waals surface area contributed by atoms with Gasteiger partial charge in [-0.05, 0) is 18.6 Å². The molecule has 1 saturated heterocycles. The molecule has 2 rings (SSSR count). The maximum atomic E-state index is 11.8. The fraction of sp³-hybridized carbons (Fsp3) is 0.417. The molecule has 1 aromatic rings. The van der Waals surface area contributed by atoms with Gasteiger partial charge in [0.25, 0.3) is 0 Å². The molecule has 2 heterocycles. The number of hydrogen-bond donors (Lipinski definition) is 3. The minimum absolute atomic E-state index is 0.117. The highest BCUT2D eigenvalue weighted by Crippen LogP contribution is 2.15. The predicted octanol–water partition coefficient (Wildman–Crippen LogP) is 0.611. The summed E-state index contributed by atoms with van der Waals surface area (Å²) in [5.74, 6) is -1.68. The van der Waals surface area contributed by atoms with E-state index in [2.05, 4.69) is 15.6 Å². The molecule has 0 aromatic carbocycles. The van der Waals surface area contributed by atoms with Gasteiger partial charge in [-0.3, -0.25) is 9.78 Å². The maximum Gasteiger partial charge on any atom is 0.319 e. The lowest BCUT2D eigenvalue weighted by atomic mass is 10.0. The van der Waals surface area contributed by atoms with E-state index in [1.165, 1.54) is 6.20 Å². The summed E-state index contributed by atoms with van der Waals surface area (Å²) in [6, 6.07) is 0.793. The van der Waals surface area contributed by atoms with Crippen molar-refractivity contribution in [1.29, 1.82) is 0 Å². The van der Waals surface area contributed by atoms with Gasteiger partial charge in [0.05, 0.1) is 31.1 Å². The maximum absolute atomic E-state index is 11.8. The highest BCUT2D eigenvalue weighted by atomic mass is 16.5. The average Bonchev–Trinajstić information content (AvgIpc) is 2.80. The van der Waals surface area contributed by atoms with Crippen molar-refractivity contribution in [2.75, 3.05) is 18.5 Å². The third-order valence-electron chi connectivity index (χ3n) is 3.00. The SMILES string of the molecule is Cc1ccncc1NC(=O)NC1COCC1C(=O)O. The number of carbonyl (C=O) groups is 2. The van der Waals surface area contributed by atoms with Crippen LogP contribution in [0.15, 0.2) is 18.5 Å². The fourth-order valence-electron chi connectivity index (χ4n) is 1.86. The third-order valence-corrected chi connectivity index (χ3v) is 3.00. The highest BCUT2D eigenvalue weighted by Gasteiger charge is 2.35. The van der Waals surface area contributed by atoms with Crippen LogP contribution in [0.5, 0.6) is 0 Å². The van der Waals surface area contributed by atoms with Crippen LogP contribution in [0.4, 0.5) is 10.5 Å². The van der Waals surface area contributed by atoms with E-state index >= 15 is 0 Å². The molecule has 1 aromatic heterocycles. The molecule has 0 spiro atoms. The molecule has 0 aliphatic carbocycles. The number of carboxylic acids is 1. The lowest BCUT2D eigenvalue weighted by molar-refractivity contribution is -0.142. The quantitative estimate of drug-likeness (QED) is 0.743. The molecule has 3 N–H and O–H groups in total. The number of rotatable bonds is 3. The largest absolute Gasteiger partial charge is 0.481 e. The molecule has 19 heavy (non-hydrogen) atoms. The second-order valence-electron chi connectivity index (χ2n) is 4.38. The Labute approximate surface area is 110 Å². The summed E-state index contributed by atoms with van der Waals surface area (Å²) in [6.45, 7) is 2.17. The van der Waals surface area contributed by atoms with Gasteiger partial charge in [0.15, 0.2) is 0 Å². The molecule has 7 nitrogen and oxygen atoms in total. The van der Waals surface area contributed by atoms with Gasteiger partial charge >= 0.3 is 12.0 Å². The summed E-state index contributed by atoms with van der Waals surface area (Å²) in [7, 11) is 0. The molecule has 1 aliphatic rings. The van der Waals surface area contributed by atoms with Gasteiger partial charge in [0, 0.05) is 6.20 Å². The molecule has 0 radical (unpaired) electrons. The Morgan fingerprint density at radius 3 is 2.95 bits per heavy atom. The number of amides is 2. The topological polar surface area (TPSA) is 101 Å². The molecular formula is C12H15N3O4. The minimum Gasteiger partial charge on any atom is -0.481 e.